The molecule has 2 atom stereocenters. The summed E-state index contributed by atoms with van der Waals surface area (Å²) in [6, 6.07) is 1.54. The minimum Gasteiger partial charge on any atom is -0.311 e. The van der Waals surface area contributed by atoms with Crippen LogP contribution in [0.15, 0.2) is 0 Å². The number of nitrogens with one attached hydrogen (secondary N) is 1. The van der Waals surface area contributed by atoms with E-state index in [4.69, 9.17) is 0 Å². The summed E-state index contributed by atoms with van der Waals surface area (Å²) in [4.78, 5) is 0. The first kappa shape index (κ1) is 16.3. The maximum atomic E-state index is 4.05. The highest BCUT2D eigenvalue weighted by Gasteiger charge is 2.38. The minimum absolute atomic E-state index is 0.510. The first-order valence-corrected chi connectivity index (χ1v) is 9.06. The molecule has 2 fully saturated rings. The number of rotatable bonds is 3. The van der Waals surface area contributed by atoms with Crippen LogP contribution in [0.2, 0.25) is 0 Å². The molecular formula is C19H37N. The van der Waals surface area contributed by atoms with Crippen molar-refractivity contribution in [2.75, 3.05) is 0 Å². The molecule has 0 aromatic rings. The van der Waals surface area contributed by atoms with Crippen LogP contribution in [0.3, 0.4) is 0 Å². The Bertz CT molecular complexity index is 289. The summed E-state index contributed by atoms with van der Waals surface area (Å²) in [6.07, 6.45) is 12.7. The Morgan fingerprint density at radius 2 is 1.50 bits per heavy atom. The number of hydrogen-bond donors (Lipinski definition) is 1. The van der Waals surface area contributed by atoms with Crippen molar-refractivity contribution >= 4 is 0 Å². The second-order valence-electron chi connectivity index (χ2n) is 9.26. The van der Waals surface area contributed by atoms with Crippen LogP contribution in [0, 0.1) is 16.7 Å². The summed E-state index contributed by atoms with van der Waals surface area (Å²) < 4.78 is 0. The van der Waals surface area contributed by atoms with E-state index >= 15 is 0 Å². The van der Waals surface area contributed by atoms with Crippen molar-refractivity contribution in [1.82, 2.24) is 5.32 Å². The Kier molecular flexibility index (Phi) is 5.21. The van der Waals surface area contributed by atoms with Crippen LogP contribution in [0.5, 0.6) is 0 Å². The molecule has 20 heavy (non-hydrogen) atoms. The van der Waals surface area contributed by atoms with E-state index in [-0.39, 0.29) is 0 Å². The van der Waals surface area contributed by atoms with Gasteiger partial charge in [0.2, 0.25) is 0 Å². The van der Waals surface area contributed by atoms with E-state index in [0.29, 0.717) is 10.8 Å². The van der Waals surface area contributed by atoms with E-state index in [0.717, 1.165) is 18.0 Å². The van der Waals surface area contributed by atoms with Crippen LogP contribution in [0.1, 0.15) is 92.4 Å². The lowest BCUT2D eigenvalue weighted by molar-refractivity contribution is 0.0791. The van der Waals surface area contributed by atoms with Gasteiger partial charge in [-0.1, -0.05) is 53.9 Å². The standard InChI is InChI=1S/C19H37N/c1-6-15-8-7-9-16(11-10-15)20-17-12-18(2,3)14-19(4,5)13-17/h15-17,20H,6-14H2,1-5H3. The van der Waals surface area contributed by atoms with E-state index in [1.54, 1.807) is 0 Å². The largest absolute Gasteiger partial charge is 0.311 e. The Balaban J connectivity index is 1.89. The van der Waals surface area contributed by atoms with Crippen LogP contribution < -0.4 is 5.32 Å². The summed E-state index contributed by atoms with van der Waals surface area (Å²) in [6.45, 7) is 12.2. The highest BCUT2D eigenvalue weighted by atomic mass is 15.0. The third-order valence-electron chi connectivity index (χ3n) is 5.69. The van der Waals surface area contributed by atoms with Crippen LogP contribution in [0.4, 0.5) is 0 Å². The van der Waals surface area contributed by atoms with Crippen molar-refractivity contribution < 1.29 is 0 Å². The first-order valence-electron chi connectivity index (χ1n) is 9.06. The zero-order valence-electron chi connectivity index (χ0n) is 14.6. The molecule has 2 saturated carbocycles. The maximum Gasteiger partial charge on any atom is 0.00798 e. The molecule has 0 bridgehead atoms. The van der Waals surface area contributed by atoms with Gasteiger partial charge < -0.3 is 5.32 Å². The maximum absolute atomic E-state index is 4.05. The second kappa shape index (κ2) is 6.38. The molecule has 0 radical (unpaired) electrons. The molecule has 2 unspecified atom stereocenters. The van der Waals surface area contributed by atoms with Gasteiger partial charge in [0.15, 0.2) is 0 Å². The summed E-state index contributed by atoms with van der Waals surface area (Å²) in [5.74, 6) is 1.00. The third kappa shape index (κ3) is 4.76. The predicted molar refractivity (Wildman–Crippen MR) is 89.0 cm³/mol. The molecule has 0 heterocycles. The van der Waals surface area contributed by atoms with Crippen molar-refractivity contribution in [3.8, 4) is 0 Å². The van der Waals surface area contributed by atoms with Gasteiger partial charge in [-0.2, -0.15) is 0 Å². The lowest BCUT2D eigenvalue weighted by atomic mass is 9.63. The summed E-state index contributed by atoms with van der Waals surface area (Å²) in [5.41, 5.74) is 1.02. The minimum atomic E-state index is 0.510. The van der Waals surface area contributed by atoms with Gasteiger partial charge in [-0.25, -0.2) is 0 Å². The molecule has 118 valence electrons. The lowest BCUT2D eigenvalue weighted by Crippen LogP contribution is -2.47. The van der Waals surface area contributed by atoms with Crippen LogP contribution in [-0.4, -0.2) is 12.1 Å². The average Bonchev–Trinajstić information content (AvgIpc) is 2.50. The van der Waals surface area contributed by atoms with Crippen molar-refractivity contribution in [2.24, 2.45) is 16.7 Å². The first-order chi connectivity index (χ1) is 9.30. The van der Waals surface area contributed by atoms with Crippen molar-refractivity contribution in [2.45, 2.75) is 104 Å². The normalized spacial score (nSPS) is 34.6. The van der Waals surface area contributed by atoms with Crippen molar-refractivity contribution in [3.05, 3.63) is 0 Å². The SMILES string of the molecule is CCC1CCCC(NC2CC(C)(C)CC(C)(C)C2)CC1. The Morgan fingerprint density at radius 1 is 0.850 bits per heavy atom. The highest BCUT2D eigenvalue weighted by molar-refractivity contribution is 4.93. The molecule has 0 aromatic carbocycles. The summed E-state index contributed by atoms with van der Waals surface area (Å²) in [5, 5.41) is 4.05. The van der Waals surface area contributed by atoms with Crippen LogP contribution >= 0.6 is 0 Å². The molecule has 0 aliphatic heterocycles. The Labute approximate surface area is 127 Å². The molecule has 1 nitrogen and oxygen atoms in total. The van der Waals surface area contributed by atoms with Gasteiger partial charge in [-0.3, -0.25) is 0 Å². The zero-order valence-corrected chi connectivity index (χ0v) is 14.6. The summed E-state index contributed by atoms with van der Waals surface area (Å²) >= 11 is 0. The van der Waals surface area contributed by atoms with E-state index in [9.17, 15) is 0 Å². The molecule has 2 rings (SSSR count). The van der Waals surface area contributed by atoms with Crippen molar-refractivity contribution in [1.29, 1.82) is 0 Å². The predicted octanol–water partition coefficient (Wildman–Crippen LogP) is 5.54. The van der Waals surface area contributed by atoms with Crippen molar-refractivity contribution in [3.63, 3.8) is 0 Å². The smallest absolute Gasteiger partial charge is 0.00798 e. The Hall–Kier alpha value is -0.0400. The molecule has 0 saturated heterocycles. The monoisotopic (exact) mass is 279 g/mol. The summed E-state index contributed by atoms with van der Waals surface area (Å²) in [7, 11) is 0. The zero-order chi connectivity index (χ0) is 14.8. The molecule has 0 aromatic heterocycles. The van der Waals surface area contributed by atoms with Crippen LogP contribution in [0.25, 0.3) is 0 Å². The third-order valence-corrected chi connectivity index (χ3v) is 5.69. The lowest BCUT2D eigenvalue weighted by Gasteiger charge is -2.46. The van der Waals surface area contributed by atoms with Gasteiger partial charge in [0.05, 0.1) is 0 Å². The quantitative estimate of drug-likeness (QED) is 0.669. The van der Waals surface area contributed by atoms with Gasteiger partial charge in [0.25, 0.3) is 0 Å². The van der Waals surface area contributed by atoms with Crippen LogP contribution in [-0.2, 0) is 0 Å². The second-order valence-corrected chi connectivity index (χ2v) is 9.26. The fraction of sp³-hybridized carbons (Fsp3) is 1.00. The van der Waals surface area contributed by atoms with Gasteiger partial charge in [0.1, 0.15) is 0 Å². The fourth-order valence-corrected chi connectivity index (χ4v) is 5.25. The van der Waals surface area contributed by atoms with Gasteiger partial charge >= 0.3 is 0 Å². The molecule has 0 spiro atoms. The topological polar surface area (TPSA) is 12.0 Å². The van der Waals surface area contributed by atoms with E-state index in [2.05, 4.69) is 39.9 Å². The fourth-order valence-electron chi connectivity index (χ4n) is 5.25. The van der Waals surface area contributed by atoms with Gasteiger partial charge in [-0.05, 0) is 55.3 Å². The molecule has 2 aliphatic carbocycles. The van der Waals surface area contributed by atoms with E-state index < -0.39 is 0 Å². The molecule has 0 amide bonds. The van der Waals surface area contributed by atoms with E-state index in [1.807, 2.05) is 0 Å². The molecule has 1 N–H and O–H groups in total. The Morgan fingerprint density at radius 3 is 2.10 bits per heavy atom. The molecule has 2 aliphatic rings. The van der Waals surface area contributed by atoms with Gasteiger partial charge in [0, 0.05) is 12.1 Å². The number of hydrogen-bond acceptors (Lipinski definition) is 1. The molecular weight excluding hydrogens is 242 g/mol. The highest BCUT2D eigenvalue weighted by Crippen LogP contribution is 2.46. The van der Waals surface area contributed by atoms with E-state index in [1.165, 1.54) is 57.8 Å². The van der Waals surface area contributed by atoms with Gasteiger partial charge in [-0.15, -0.1) is 0 Å². The molecule has 1 heteroatoms. The average molecular weight is 280 g/mol.